The number of primary sulfonamides is 1. The number of hydrogen-bond donors (Lipinski definition) is 2. The van der Waals surface area contributed by atoms with Crippen molar-refractivity contribution in [3.8, 4) is 5.75 Å². The molecule has 0 atom stereocenters. The third kappa shape index (κ3) is 5.92. The Labute approximate surface area is 171 Å². The molecule has 2 aromatic carbocycles. The SMILES string of the molecule is CCc1ccc(NC(=O)C=Cc2cccc(OC3CCCC3)c2)cc1S(N)(=O)=O. The normalized spacial score (nSPS) is 15.0. The van der Waals surface area contributed by atoms with Gasteiger partial charge in [0.1, 0.15) is 5.75 Å². The summed E-state index contributed by atoms with van der Waals surface area (Å²) in [5, 5.41) is 7.95. The van der Waals surface area contributed by atoms with Crippen molar-refractivity contribution in [1.82, 2.24) is 0 Å². The van der Waals surface area contributed by atoms with Crippen molar-refractivity contribution in [1.29, 1.82) is 0 Å². The Morgan fingerprint density at radius 1 is 1.21 bits per heavy atom. The maximum Gasteiger partial charge on any atom is 0.248 e. The maximum absolute atomic E-state index is 12.3. The van der Waals surface area contributed by atoms with Crippen LogP contribution in [0.1, 0.15) is 43.7 Å². The largest absolute Gasteiger partial charge is 0.490 e. The van der Waals surface area contributed by atoms with Crippen molar-refractivity contribution in [2.75, 3.05) is 5.32 Å². The maximum atomic E-state index is 12.3. The molecular weight excluding hydrogens is 388 g/mol. The zero-order chi connectivity index (χ0) is 20.9. The molecule has 1 fully saturated rings. The lowest BCUT2D eigenvalue weighted by Gasteiger charge is -2.13. The van der Waals surface area contributed by atoms with Crippen LogP contribution in [0.2, 0.25) is 0 Å². The fourth-order valence-electron chi connectivity index (χ4n) is 3.44. The van der Waals surface area contributed by atoms with Crippen LogP contribution in [0.15, 0.2) is 53.4 Å². The van der Waals surface area contributed by atoms with Gasteiger partial charge in [-0.2, -0.15) is 0 Å². The lowest BCUT2D eigenvalue weighted by Crippen LogP contribution is -2.15. The van der Waals surface area contributed by atoms with E-state index in [4.69, 9.17) is 9.88 Å². The highest BCUT2D eigenvalue weighted by Gasteiger charge is 2.16. The third-order valence-electron chi connectivity index (χ3n) is 4.91. The molecule has 1 saturated carbocycles. The summed E-state index contributed by atoms with van der Waals surface area (Å²) in [6.45, 7) is 1.84. The number of carbonyl (C=O) groups is 1. The second-order valence-electron chi connectivity index (χ2n) is 7.14. The average Bonchev–Trinajstić information content (AvgIpc) is 3.19. The van der Waals surface area contributed by atoms with E-state index in [1.165, 1.54) is 25.0 Å². The first kappa shape index (κ1) is 21.1. The Hall–Kier alpha value is -2.64. The van der Waals surface area contributed by atoms with Crippen LogP contribution in [0.3, 0.4) is 0 Å². The fraction of sp³-hybridized carbons (Fsp3) is 0.318. The van der Waals surface area contributed by atoms with E-state index in [9.17, 15) is 13.2 Å². The monoisotopic (exact) mass is 414 g/mol. The van der Waals surface area contributed by atoms with Crippen LogP contribution in [-0.2, 0) is 21.2 Å². The summed E-state index contributed by atoms with van der Waals surface area (Å²) in [5.74, 6) is 0.434. The van der Waals surface area contributed by atoms with Gasteiger partial charge in [-0.25, -0.2) is 13.6 Å². The molecule has 3 N–H and O–H groups in total. The van der Waals surface area contributed by atoms with Crippen molar-refractivity contribution >= 4 is 27.7 Å². The summed E-state index contributed by atoms with van der Waals surface area (Å²) in [5.41, 5.74) is 1.83. The molecule has 29 heavy (non-hydrogen) atoms. The molecular formula is C22H26N2O4S. The predicted octanol–water partition coefficient (Wildman–Crippen LogP) is 3.87. The molecule has 7 heteroatoms. The van der Waals surface area contributed by atoms with Gasteiger partial charge >= 0.3 is 0 Å². The van der Waals surface area contributed by atoms with E-state index in [2.05, 4.69) is 5.32 Å². The second-order valence-corrected chi connectivity index (χ2v) is 8.67. The molecule has 6 nitrogen and oxygen atoms in total. The van der Waals surface area contributed by atoms with Gasteiger partial charge < -0.3 is 10.1 Å². The molecule has 1 amide bonds. The Balaban J connectivity index is 1.67. The van der Waals surface area contributed by atoms with E-state index < -0.39 is 10.0 Å². The van der Waals surface area contributed by atoms with E-state index in [-0.39, 0.29) is 16.9 Å². The van der Waals surface area contributed by atoms with Crippen molar-refractivity contribution in [2.24, 2.45) is 5.14 Å². The lowest BCUT2D eigenvalue weighted by atomic mass is 10.1. The first-order valence-corrected chi connectivity index (χ1v) is 11.3. The summed E-state index contributed by atoms with van der Waals surface area (Å²) >= 11 is 0. The first-order valence-electron chi connectivity index (χ1n) is 9.76. The van der Waals surface area contributed by atoms with E-state index in [1.54, 1.807) is 18.2 Å². The molecule has 1 aliphatic carbocycles. The van der Waals surface area contributed by atoms with Gasteiger partial charge in [0, 0.05) is 11.8 Å². The van der Waals surface area contributed by atoms with Crippen molar-refractivity contribution in [3.63, 3.8) is 0 Å². The van der Waals surface area contributed by atoms with Gasteiger partial charge in [0.25, 0.3) is 0 Å². The van der Waals surface area contributed by atoms with Crippen LogP contribution < -0.4 is 15.2 Å². The summed E-state index contributed by atoms with van der Waals surface area (Å²) in [4.78, 5) is 12.3. The first-order chi connectivity index (χ1) is 13.8. The van der Waals surface area contributed by atoms with E-state index in [1.807, 2.05) is 31.2 Å². The standard InChI is InChI=1S/C22H26N2O4S/c1-2-17-11-12-18(15-21(17)29(23,26)27)24-22(25)13-10-16-6-5-9-20(14-16)28-19-7-3-4-8-19/h5-6,9-15,19H,2-4,7-8H2,1H3,(H,24,25)(H2,23,26,27). The van der Waals surface area contributed by atoms with Gasteiger partial charge in [0.05, 0.1) is 11.0 Å². The van der Waals surface area contributed by atoms with Gasteiger partial charge in [-0.15, -0.1) is 0 Å². The minimum atomic E-state index is -3.86. The van der Waals surface area contributed by atoms with E-state index in [0.717, 1.165) is 24.2 Å². The quantitative estimate of drug-likeness (QED) is 0.672. The number of hydrogen-bond acceptors (Lipinski definition) is 4. The molecule has 0 aromatic heterocycles. The summed E-state index contributed by atoms with van der Waals surface area (Å²) in [7, 11) is -3.86. The molecule has 0 bridgehead atoms. The minimum Gasteiger partial charge on any atom is -0.490 e. The lowest BCUT2D eigenvalue weighted by molar-refractivity contribution is -0.111. The Morgan fingerprint density at radius 3 is 2.66 bits per heavy atom. The zero-order valence-electron chi connectivity index (χ0n) is 16.4. The number of ether oxygens (including phenoxy) is 1. The Kier molecular flexibility index (Phi) is 6.71. The van der Waals surface area contributed by atoms with Crippen molar-refractivity contribution in [2.45, 2.75) is 50.0 Å². The molecule has 0 spiro atoms. The topological polar surface area (TPSA) is 98.5 Å². The van der Waals surface area contributed by atoms with Crippen LogP contribution in [0.25, 0.3) is 6.08 Å². The number of nitrogens with one attached hydrogen (secondary N) is 1. The molecule has 0 heterocycles. The average molecular weight is 415 g/mol. The molecule has 0 saturated heterocycles. The number of anilines is 1. The molecule has 0 radical (unpaired) electrons. The zero-order valence-corrected chi connectivity index (χ0v) is 17.2. The highest BCUT2D eigenvalue weighted by atomic mass is 32.2. The summed E-state index contributed by atoms with van der Waals surface area (Å²) in [6.07, 6.45) is 8.47. The number of rotatable bonds is 7. The Bertz CT molecular complexity index is 1010. The minimum absolute atomic E-state index is 0.0264. The number of benzene rings is 2. The summed E-state index contributed by atoms with van der Waals surface area (Å²) in [6, 6.07) is 12.3. The van der Waals surface area contributed by atoms with Gasteiger partial charge in [-0.05, 0) is 73.6 Å². The molecule has 3 rings (SSSR count). The van der Waals surface area contributed by atoms with Crippen molar-refractivity contribution in [3.05, 3.63) is 59.7 Å². The van der Waals surface area contributed by atoms with Crippen molar-refractivity contribution < 1.29 is 17.9 Å². The van der Waals surface area contributed by atoms with Gasteiger partial charge in [-0.1, -0.05) is 25.1 Å². The number of nitrogens with two attached hydrogens (primary N) is 1. The fourth-order valence-corrected chi connectivity index (χ4v) is 4.30. The van der Waals surface area contributed by atoms with Crippen LogP contribution in [-0.4, -0.2) is 20.4 Å². The third-order valence-corrected chi connectivity index (χ3v) is 5.91. The van der Waals surface area contributed by atoms with Crippen LogP contribution in [0.5, 0.6) is 5.75 Å². The number of amides is 1. The highest BCUT2D eigenvalue weighted by Crippen LogP contribution is 2.25. The van der Waals surface area contributed by atoms with Gasteiger partial charge in [0.2, 0.25) is 15.9 Å². The smallest absolute Gasteiger partial charge is 0.248 e. The van der Waals surface area contributed by atoms with Crippen LogP contribution in [0, 0.1) is 0 Å². The van der Waals surface area contributed by atoms with Crippen LogP contribution >= 0.6 is 0 Å². The van der Waals surface area contributed by atoms with E-state index in [0.29, 0.717) is 17.7 Å². The molecule has 0 unspecified atom stereocenters. The van der Waals surface area contributed by atoms with Crippen LogP contribution in [0.4, 0.5) is 5.69 Å². The molecule has 1 aliphatic rings. The molecule has 154 valence electrons. The Morgan fingerprint density at radius 2 is 1.97 bits per heavy atom. The molecule has 0 aliphatic heterocycles. The van der Waals surface area contributed by atoms with Gasteiger partial charge in [-0.3, -0.25) is 4.79 Å². The van der Waals surface area contributed by atoms with E-state index >= 15 is 0 Å². The summed E-state index contributed by atoms with van der Waals surface area (Å²) < 4.78 is 29.5. The predicted molar refractivity (Wildman–Crippen MR) is 114 cm³/mol. The number of sulfonamides is 1. The number of aryl methyl sites for hydroxylation is 1. The highest BCUT2D eigenvalue weighted by molar-refractivity contribution is 7.89. The number of carbonyl (C=O) groups excluding carboxylic acids is 1. The molecule has 2 aromatic rings. The second kappa shape index (κ2) is 9.24. The van der Waals surface area contributed by atoms with Gasteiger partial charge in [0.15, 0.2) is 0 Å².